The minimum atomic E-state index is -0.170. The number of hydrogen-bond acceptors (Lipinski definition) is 3. The number of esters is 1. The van der Waals surface area contributed by atoms with Gasteiger partial charge in [0.2, 0.25) is 0 Å². The van der Waals surface area contributed by atoms with E-state index in [0.717, 1.165) is 18.4 Å². The van der Waals surface area contributed by atoms with Crippen LogP contribution in [0.5, 0.6) is 0 Å². The maximum atomic E-state index is 11.1. The molecule has 0 spiro atoms. The van der Waals surface area contributed by atoms with Crippen LogP contribution in [-0.4, -0.2) is 25.7 Å². The van der Waals surface area contributed by atoms with Crippen molar-refractivity contribution in [3.05, 3.63) is 0 Å². The minimum absolute atomic E-state index is 0.170. The fraction of sp³-hybridized carbons (Fsp3) is 0.909. The molecule has 1 N–H and O–H groups in total. The first-order valence-corrected chi connectivity index (χ1v) is 5.44. The first-order chi connectivity index (χ1) is 6.63. The third-order valence-corrected chi connectivity index (χ3v) is 3.07. The molecule has 0 aromatic rings. The van der Waals surface area contributed by atoms with Gasteiger partial charge in [0, 0.05) is 0 Å². The summed E-state index contributed by atoms with van der Waals surface area (Å²) in [6.45, 7) is 5.09. The van der Waals surface area contributed by atoms with Gasteiger partial charge in [0.15, 0.2) is 0 Å². The fourth-order valence-electron chi connectivity index (χ4n) is 2.11. The Hall–Kier alpha value is -0.570. The Bertz CT molecular complexity index is 194. The van der Waals surface area contributed by atoms with Crippen LogP contribution in [0.2, 0.25) is 0 Å². The summed E-state index contributed by atoms with van der Waals surface area (Å²) in [6, 6.07) is -0.170. The van der Waals surface area contributed by atoms with Gasteiger partial charge in [-0.05, 0) is 38.1 Å². The lowest BCUT2D eigenvalue weighted by molar-refractivity contribution is -0.142. The van der Waals surface area contributed by atoms with Gasteiger partial charge in [-0.2, -0.15) is 0 Å². The Morgan fingerprint density at radius 2 is 2.29 bits per heavy atom. The van der Waals surface area contributed by atoms with Crippen LogP contribution in [0, 0.1) is 11.8 Å². The van der Waals surface area contributed by atoms with Crippen LogP contribution in [0.3, 0.4) is 0 Å². The Balaban J connectivity index is 2.17. The van der Waals surface area contributed by atoms with Crippen molar-refractivity contribution in [2.75, 3.05) is 13.7 Å². The van der Waals surface area contributed by atoms with E-state index in [2.05, 4.69) is 17.0 Å². The van der Waals surface area contributed by atoms with Crippen molar-refractivity contribution in [3.63, 3.8) is 0 Å². The molecule has 0 aromatic heterocycles. The molecule has 0 bridgehead atoms. The van der Waals surface area contributed by atoms with Crippen molar-refractivity contribution < 1.29 is 9.53 Å². The Labute approximate surface area is 86.2 Å². The van der Waals surface area contributed by atoms with Crippen molar-refractivity contribution >= 4 is 5.97 Å². The van der Waals surface area contributed by atoms with E-state index >= 15 is 0 Å². The molecule has 14 heavy (non-hydrogen) atoms. The van der Waals surface area contributed by atoms with Crippen molar-refractivity contribution in [2.45, 2.75) is 39.2 Å². The number of nitrogens with one attached hydrogen (secondary N) is 1. The van der Waals surface area contributed by atoms with Crippen LogP contribution in [0.1, 0.15) is 33.1 Å². The summed E-state index contributed by atoms with van der Waals surface area (Å²) in [6.07, 6.45) is 3.92. The lowest BCUT2D eigenvalue weighted by atomic mass is 10.1. The molecular formula is C11H21NO2. The number of rotatable bonds is 4. The maximum Gasteiger partial charge on any atom is 0.322 e. The van der Waals surface area contributed by atoms with Crippen LogP contribution < -0.4 is 5.32 Å². The summed E-state index contributed by atoms with van der Waals surface area (Å²) in [5, 5.41) is 3.22. The molecule has 3 atom stereocenters. The van der Waals surface area contributed by atoms with Gasteiger partial charge in [0.05, 0.1) is 7.11 Å². The van der Waals surface area contributed by atoms with E-state index in [1.54, 1.807) is 0 Å². The fourth-order valence-corrected chi connectivity index (χ4v) is 2.11. The average Bonchev–Trinajstić information content (AvgIpc) is 2.59. The second-order valence-corrected chi connectivity index (χ2v) is 4.44. The average molecular weight is 199 g/mol. The molecule has 3 unspecified atom stereocenters. The van der Waals surface area contributed by atoms with Gasteiger partial charge in [-0.15, -0.1) is 0 Å². The Morgan fingerprint density at radius 3 is 2.79 bits per heavy atom. The lowest BCUT2D eigenvalue weighted by Gasteiger charge is -2.15. The molecule has 1 saturated carbocycles. The molecule has 1 aliphatic carbocycles. The molecular weight excluding hydrogens is 178 g/mol. The van der Waals surface area contributed by atoms with E-state index < -0.39 is 0 Å². The summed E-state index contributed by atoms with van der Waals surface area (Å²) in [7, 11) is 1.43. The molecule has 82 valence electrons. The molecule has 1 aliphatic rings. The number of carbonyl (C=O) groups is 1. The van der Waals surface area contributed by atoms with Gasteiger partial charge in [0.25, 0.3) is 0 Å². The zero-order valence-corrected chi connectivity index (χ0v) is 9.38. The van der Waals surface area contributed by atoms with Crippen LogP contribution >= 0.6 is 0 Å². The Morgan fingerprint density at radius 1 is 1.57 bits per heavy atom. The SMILES string of the molecule is COC(=O)C(C)NCC1CCC(C)C1. The van der Waals surface area contributed by atoms with Gasteiger partial charge in [-0.1, -0.05) is 13.3 Å². The summed E-state index contributed by atoms with van der Waals surface area (Å²) >= 11 is 0. The second-order valence-electron chi connectivity index (χ2n) is 4.44. The summed E-state index contributed by atoms with van der Waals surface area (Å²) < 4.78 is 4.65. The van der Waals surface area contributed by atoms with Gasteiger partial charge >= 0.3 is 5.97 Å². The molecule has 3 heteroatoms. The monoisotopic (exact) mass is 199 g/mol. The van der Waals surface area contributed by atoms with E-state index in [-0.39, 0.29) is 12.0 Å². The van der Waals surface area contributed by atoms with Crippen LogP contribution in [0.25, 0.3) is 0 Å². The van der Waals surface area contributed by atoms with E-state index in [4.69, 9.17) is 0 Å². The normalized spacial score (nSPS) is 28.8. The zero-order valence-electron chi connectivity index (χ0n) is 9.38. The first-order valence-electron chi connectivity index (χ1n) is 5.44. The van der Waals surface area contributed by atoms with Crippen molar-refractivity contribution in [3.8, 4) is 0 Å². The minimum Gasteiger partial charge on any atom is -0.468 e. The number of carbonyl (C=O) groups excluding carboxylic acids is 1. The maximum absolute atomic E-state index is 11.1. The summed E-state index contributed by atoms with van der Waals surface area (Å²) in [5.74, 6) is 1.43. The number of methoxy groups -OCH3 is 1. The summed E-state index contributed by atoms with van der Waals surface area (Å²) in [5.41, 5.74) is 0. The van der Waals surface area contributed by atoms with Crippen molar-refractivity contribution in [2.24, 2.45) is 11.8 Å². The summed E-state index contributed by atoms with van der Waals surface area (Å²) in [4.78, 5) is 11.1. The Kier molecular flexibility index (Phi) is 4.39. The zero-order chi connectivity index (χ0) is 10.6. The highest BCUT2D eigenvalue weighted by Gasteiger charge is 2.22. The predicted molar refractivity (Wildman–Crippen MR) is 56.0 cm³/mol. The highest BCUT2D eigenvalue weighted by Crippen LogP contribution is 2.29. The molecule has 0 aliphatic heterocycles. The van der Waals surface area contributed by atoms with E-state index in [9.17, 15) is 4.79 Å². The topological polar surface area (TPSA) is 38.3 Å². The molecule has 0 radical (unpaired) electrons. The third-order valence-electron chi connectivity index (χ3n) is 3.07. The van der Waals surface area contributed by atoms with Gasteiger partial charge < -0.3 is 10.1 Å². The third kappa shape index (κ3) is 3.29. The predicted octanol–water partition coefficient (Wildman–Crippen LogP) is 1.57. The smallest absolute Gasteiger partial charge is 0.322 e. The highest BCUT2D eigenvalue weighted by molar-refractivity contribution is 5.75. The second kappa shape index (κ2) is 5.35. The first kappa shape index (κ1) is 11.5. The van der Waals surface area contributed by atoms with Gasteiger partial charge in [-0.25, -0.2) is 0 Å². The quantitative estimate of drug-likeness (QED) is 0.698. The van der Waals surface area contributed by atoms with Crippen LogP contribution in [-0.2, 0) is 9.53 Å². The molecule has 0 aromatic carbocycles. The molecule has 0 heterocycles. The molecule has 1 fully saturated rings. The number of hydrogen-bond donors (Lipinski definition) is 1. The molecule has 0 amide bonds. The van der Waals surface area contributed by atoms with Gasteiger partial charge in [-0.3, -0.25) is 4.79 Å². The van der Waals surface area contributed by atoms with Crippen LogP contribution in [0.15, 0.2) is 0 Å². The van der Waals surface area contributed by atoms with Crippen molar-refractivity contribution in [1.82, 2.24) is 5.32 Å². The van der Waals surface area contributed by atoms with Crippen LogP contribution in [0.4, 0.5) is 0 Å². The van der Waals surface area contributed by atoms with E-state index in [1.165, 1.54) is 26.4 Å². The highest BCUT2D eigenvalue weighted by atomic mass is 16.5. The van der Waals surface area contributed by atoms with Gasteiger partial charge in [0.1, 0.15) is 6.04 Å². The molecule has 1 rings (SSSR count). The molecule has 0 saturated heterocycles. The van der Waals surface area contributed by atoms with Crippen molar-refractivity contribution in [1.29, 1.82) is 0 Å². The largest absolute Gasteiger partial charge is 0.468 e. The molecule has 3 nitrogen and oxygen atoms in total. The number of ether oxygens (including phenoxy) is 1. The standard InChI is InChI=1S/C11H21NO2/c1-8-4-5-10(6-8)7-12-9(2)11(13)14-3/h8-10,12H,4-7H2,1-3H3. The van der Waals surface area contributed by atoms with E-state index in [0.29, 0.717) is 0 Å². The lowest BCUT2D eigenvalue weighted by Crippen LogP contribution is -2.37. The van der Waals surface area contributed by atoms with E-state index in [1.807, 2.05) is 6.92 Å².